The van der Waals surface area contributed by atoms with Crippen LogP contribution in [0, 0.1) is 13.8 Å². The highest BCUT2D eigenvalue weighted by Gasteiger charge is 2.08. The smallest absolute Gasteiger partial charge is 0.335 e. The third-order valence-corrected chi connectivity index (χ3v) is 3.00. The summed E-state index contributed by atoms with van der Waals surface area (Å²) in [7, 11) is 0. The number of hydrogen-bond donors (Lipinski definition) is 3. The van der Waals surface area contributed by atoms with E-state index in [0.717, 1.165) is 5.56 Å². The molecule has 0 fully saturated rings. The second-order valence-corrected chi connectivity index (χ2v) is 4.78. The van der Waals surface area contributed by atoms with Crippen LogP contribution < -0.4 is 10.6 Å². The van der Waals surface area contributed by atoms with Gasteiger partial charge in [0.25, 0.3) is 0 Å². The second-order valence-electron chi connectivity index (χ2n) is 4.78. The molecule has 0 saturated carbocycles. The number of aryl methyl sites for hydroxylation is 2. The summed E-state index contributed by atoms with van der Waals surface area (Å²) in [5, 5.41) is 14.3. The largest absolute Gasteiger partial charge is 0.478 e. The monoisotopic (exact) mass is 284 g/mol. The van der Waals surface area contributed by atoms with Crippen molar-refractivity contribution in [3.63, 3.8) is 0 Å². The molecule has 2 rings (SSSR count). The summed E-state index contributed by atoms with van der Waals surface area (Å²) in [6.07, 6.45) is 0. The lowest BCUT2D eigenvalue weighted by Gasteiger charge is -2.10. The number of benzene rings is 2. The second kappa shape index (κ2) is 6.09. The Morgan fingerprint density at radius 1 is 1.00 bits per heavy atom. The van der Waals surface area contributed by atoms with Crippen LogP contribution in [0.3, 0.4) is 0 Å². The molecule has 2 aromatic rings. The maximum absolute atomic E-state index is 11.9. The van der Waals surface area contributed by atoms with Gasteiger partial charge in [0.15, 0.2) is 0 Å². The molecule has 108 valence electrons. The summed E-state index contributed by atoms with van der Waals surface area (Å²) in [4.78, 5) is 22.8. The van der Waals surface area contributed by atoms with E-state index in [0.29, 0.717) is 16.9 Å². The van der Waals surface area contributed by atoms with Crippen molar-refractivity contribution in [3.05, 3.63) is 59.2 Å². The van der Waals surface area contributed by atoms with E-state index in [1.807, 2.05) is 25.1 Å². The number of carboxylic acid groups (broad SMARTS) is 1. The van der Waals surface area contributed by atoms with E-state index in [1.54, 1.807) is 19.1 Å². The molecule has 0 aliphatic rings. The molecule has 0 spiro atoms. The summed E-state index contributed by atoms with van der Waals surface area (Å²) < 4.78 is 0. The molecule has 5 heteroatoms. The van der Waals surface area contributed by atoms with Crippen molar-refractivity contribution in [1.82, 2.24) is 0 Å². The van der Waals surface area contributed by atoms with Crippen molar-refractivity contribution in [1.29, 1.82) is 0 Å². The maximum Gasteiger partial charge on any atom is 0.335 e. The highest BCUT2D eigenvalue weighted by molar-refractivity contribution is 6.00. The van der Waals surface area contributed by atoms with E-state index in [4.69, 9.17) is 5.11 Å². The highest BCUT2D eigenvalue weighted by Crippen LogP contribution is 2.17. The van der Waals surface area contributed by atoms with Gasteiger partial charge in [-0.2, -0.15) is 0 Å². The molecule has 0 radical (unpaired) electrons. The first-order valence-electron chi connectivity index (χ1n) is 6.44. The van der Waals surface area contributed by atoms with Crippen LogP contribution in [0.5, 0.6) is 0 Å². The first-order chi connectivity index (χ1) is 9.95. The summed E-state index contributed by atoms with van der Waals surface area (Å²) in [6.45, 7) is 3.69. The van der Waals surface area contributed by atoms with Gasteiger partial charge in [0.05, 0.1) is 5.56 Å². The molecule has 0 aliphatic heterocycles. The first kappa shape index (κ1) is 14.6. The molecule has 0 aliphatic carbocycles. The summed E-state index contributed by atoms with van der Waals surface area (Å²) in [5.74, 6) is -0.992. The number of hydrogen-bond acceptors (Lipinski definition) is 2. The molecule has 0 bridgehead atoms. The third kappa shape index (κ3) is 3.82. The van der Waals surface area contributed by atoms with Crippen molar-refractivity contribution in [2.75, 3.05) is 10.6 Å². The molecule has 5 nitrogen and oxygen atoms in total. The Morgan fingerprint density at radius 3 is 2.38 bits per heavy atom. The van der Waals surface area contributed by atoms with Crippen molar-refractivity contribution in [2.24, 2.45) is 0 Å². The van der Waals surface area contributed by atoms with Crippen LogP contribution in [0.4, 0.5) is 16.2 Å². The van der Waals surface area contributed by atoms with E-state index < -0.39 is 5.97 Å². The number of urea groups is 1. The van der Waals surface area contributed by atoms with Crippen LogP contribution >= 0.6 is 0 Å². The first-order valence-corrected chi connectivity index (χ1v) is 6.44. The zero-order valence-electron chi connectivity index (χ0n) is 11.8. The van der Waals surface area contributed by atoms with Crippen LogP contribution in [0.25, 0.3) is 0 Å². The van der Waals surface area contributed by atoms with Gasteiger partial charge in [-0.3, -0.25) is 0 Å². The van der Waals surface area contributed by atoms with Crippen molar-refractivity contribution in [3.8, 4) is 0 Å². The molecule has 2 amide bonds. The summed E-state index contributed by atoms with van der Waals surface area (Å²) in [5.41, 5.74) is 3.21. The normalized spacial score (nSPS) is 10.0. The number of anilines is 2. The molecule has 2 aromatic carbocycles. The minimum atomic E-state index is -0.992. The number of aromatic carboxylic acids is 1. The predicted octanol–water partition coefficient (Wildman–Crippen LogP) is 3.65. The standard InChI is InChI=1S/C16H16N2O3/c1-10-4-3-5-13(8-10)17-16(21)18-14-7-6-12(15(19)20)9-11(14)2/h3-9H,1-2H3,(H,19,20)(H2,17,18,21). The third-order valence-electron chi connectivity index (χ3n) is 3.00. The fraction of sp³-hybridized carbons (Fsp3) is 0.125. The molecule has 0 unspecified atom stereocenters. The zero-order valence-corrected chi connectivity index (χ0v) is 11.8. The molecular formula is C16H16N2O3. The van der Waals surface area contributed by atoms with Gasteiger partial charge in [0.1, 0.15) is 0 Å². The van der Waals surface area contributed by atoms with Crippen molar-refractivity contribution in [2.45, 2.75) is 13.8 Å². The van der Waals surface area contributed by atoms with E-state index in [1.165, 1.54) is 12.1 Å². The predicted molar refractivity (Wildman–Crippen MR) is 82.0 cm³/mol. The molecule has 0 atom stereocenters. The molecule has 0 heterocycles. The quantitative estimate of drug-likeness (QED) is 0.805. The highest BCUT2D eigenvalue weighted by atomic mass is 16.4. The summed E-state index contributed by atoms with van der Waals surface area (Å²) in [6, 6.07) is 11.6. The number of carboxylic acids is 1. The van der Waals surface area contributed by atoms with Gasteiger partial charge in [0.2, 0.25) is 0 Å². The Hall–Kier alpha value is -2.82. The Morgan fingerprint density at radius 2 is 1.76 bits per heavy atom. The average molecular weight is 284 g/mol. The number of carbonyl (C=O) groups excluding carboxylic acids is 1. The topological polar surface area (TPSA) is 78.4 Å². The number of amides is 2. The lowest BCUT2D eigenvalue weighted by Crippen LogP contribution is -2.20. The molecule has 21 heavy (non-hydrogen) atoms. The molecule has 0 aromatic heterocycles. The Labute approximate surface area is 122 Å². The SMILES string of the molecule is Cc1cccc(NC(=O)Nc2ccc(C(=O)O)cc2C)c1. The van der Waals surface area contributed by atoms with E-state index in [-0.39, 0.29) is 11.6 Å². The van der Waals surface area contributed by atoms with Crippen molar-refractivity contribution < 1.29 is 14.7 Å². The van der Waals surface area contributed by atoms with Gasteiger partial charge in [-0.15, -0.1) is 0 Å². The van der Waals surface area contributed by atoms with Gasteiger partial charge in [0, 0.05) is 11.4 Å². The van der Waals surface area contributed by atoms with Crippen LogP contribution in [-0.2, 0) is 0 Å². The maximum atomic E-state index is 11.9. The minimum absolute atomic E-state index is 0.192. The van der Waals surface area contributed by atoms with E-state index in [2.05, 4.69) is 10.6 Å². The van der Waals surface area contributed by atoms with Gasteiger partial charge in [-0.1, -0.05) is 12.1 Å². The zero-order chi connectivity index (χ0) is 15.4. The van der Waals surface area contributed by atoms with E-state index in [9.17, 15) is 9.59 Å². The Balaban J connectivity index is 2.08. The summed E-state index contributed by atoms with van der Waals surface area (Å²) >= 11 is 0. The van der Waals surface area contributed by atoms with Gasteiger partial charge >= 0.3 is 12.0 Å². The number of rotatable bonds is 3. The van der Waals surface area contributed by atoms with Crippen LogP contribution in [-0.4, -0.2) is 17.1 Å². The van der Waals surface area contributed by atoms with Crippen LogP contribution in [0.1, 0.15) is 21.5 Å². The van der Waals surface area contributed by atoms with Gasteiger partial charge in [-0.25, -0.2) is 9.59 Å². The van der Waals surface area contributed by atoms with Crippen LogP contribution in [0.2, 0.25) is 0 Å². The lowest BCUT2D eigenvalue weighted by atomic mass is 10.1. The van der Waals surface area contributed by atoms with Gasteiger partial charge in [-0.05, 0) is 55.3 Å². The number of nitrogens with one attached hydrogen (secondary N) is 2. The Bertz CT molecular complexity index is 696. The fourth-order valence-electron chi connectivity index (χ4n) is 1.94. The molecule has 0 saturated heterocycles. The molecule has 3 N–H and O–H groups in total. The minimum Gasteiger partial charge on any atom is -0.478 e. The average Bonchev–Trinajstić information content (AvgIpc) is 2.40. The Kier molecular flexibility index (Phi) is 4.23. The van der Waals surface area contributed by atoms with Crippen molar-refractivity contribution >= 4 is 23.4 Å². The molecular weight excluding hydrogens is 268 g/mol. The van der Waals surface area contributed by atoms with Gasteiger partial charge < -0.3 is 15.7 Å². The lowest BCUT2D eigenvalue weighted by molar-refractivity contribution is 0.0697. The van der Waals surface area contributed by atoms with Crippen LogP contribution in [0.15, 0.2) is 42.5 Å². The fourth-order valence-corrected chi connectivity index (χ4v) is 1.94. The van der Waals surface area contributed by atoms with E-state index >= 15 is 0 Å². The number of carbonyl (C=O) groups is 2.